The summed E-state index contributed by atoms with van der Waals surface area (Å²) in [5.41, 5.74) is 18.6. The summed E-state index contributed by atoms with van der Waals surface area (Å²) in [6, 6.07) is 17.3. The molecule has 6 heteroatoms. The summed E-state index contributed by atoms with van der Waals surface area (Å²) in [5, 5.41) is 2.51. The van der Waals surface area contributed by atoms with E-state index in [0.717, 1.165) is 35.5 Å². The van der Waals surface area contributed by atoms with Crippen molar-refractivity contribution in [3.63, 3.8) is 0 Å². The average molecular weight is 412 g/mol. The van der Waals surface area contributed by atoms with E-state index in [1.165, 1.54) is 27.5 Å². The number of methoxy groups -OCH3 is 1. The minimum absolute atomic E-state index is 0.194. The van der Waals surface area contributed by atoms with E-state index in [9.17, 15) is 0 Å². The first kappa shape index (κ1) is 19.2. The predicted octanol–water partition coefficient (Wildman–Crippen LogP) is 4.34. The molecule has 3 aromatic carbocycles. The van der Waals surface area contributed by atoms with Crippen molar-refractivity contribution in [2.24, 2.45) is 0 Å². The number of aromatic nitrogens is 2. The lowest BCUT2D eigenvalue weighted by atomic mass is 9.93. The molecule has 0 saturated carbocycles. The topological polar surface area (TPSA) is 90.3 Å². The molecule has 156 valence electrons. The standard InChI is InChI=1S/C25H25N5O/c1-15-7-8-20(19-6-4-3-5-18(15)19)21-11-16-9-10-30(22(16)12-23(21)31-2)14-17-13-28-25(27)29-24(17)26/h3-8,11-13H,9-10,14H2,1-2H3,(H4,26,27,28,29). The fraction of sp³-hybridized carbons (Fsp3) is 0.200. The number of nitrogen functional groups attached to an aromatic ring is 2. The number of ether oxygens (including phenoxy) is 1. The summed E-state index contributed by atoms with van der Waals surface area (Å²) in [4.78, 5) is 10.5. The highest BCUT2D eigenvalue weighted by Gasteiger charge is 2.24. The molecule has 0 unspecified atom stereocenters. The average Bonchev–Trinajstić information content (AvgIpc) is 3.17. The van der Waals surface area contributed by atoms with Crippen LogP contribution in [0.25, 0.3) is 21.9 Å². The summed E-state index contributed by atoms with van der Waals surface area (Å²) < 4.78 is 5.85. The number of aryl methyl sites for hydroxylation is 1. The van der Waals surface area contributed by atoms with Crippen LogP contribution < -0.4 is 21.1 Å². The molecule has 1 aliphatic heterocycles. The molecule has 4 aromatic rings. The molecule has 2 heterocycles. The molecule has 0 radical (unpaired) electrons. The number of rotatable bonds is 4. The highest BCUT2D eigenvalue weighted by atomic mass is 16.5. The van der Waals surface area contributed by atoms with Gasteiger partial charge in [0.15, 0.2) is 0 Å². The molecule has 31 heavy (non-hydrogen) atoms. The summed E-state index contributed by atoms with van der Waals surface area (Å²) in [6.45, 7) is 3.69. The molecule has 5 rings (SSSR count). The lowest BCUT2D eigenvalue weighted by Gasteiger charge is -2.21. The monoisotopic (exact) mass is 411 g/mol. The fourth-order valence-electron chi connectivity index (χ4n) is 4.47. The number of hydrogen-bond acceptors (Lipinski definition) is 6. The van der Waals surface area contributed by atoms with E-state index in [4.69, 9.17) is 16.2 Å². The van der Waals surface area contributed by atoms with E-state index in [1.807, 2.05) is 0 Å². The van der Waals surface area contributed by atoms with Gasteiger partial charge in [0.2, 0.25) is 5.95 Å². The van der Waals surface area contributed by atoms with Crippen LogP contribution in [0.2, 0.25) is 0 Å². The van der Waals surface area contributed by atoms with E-state index in [-0.39, 0.29) is 5.95 Å². The van der Waals surface area contributed by atoms with Crippen molar-refractivity contribution >= 4 is 28.2 Å². The molecule has 0 amide bonds. The maximum atomic E-state index is 6.06. The first-order valence-electron chi connectivity index (χ1n) is 10.4. The zero-order chi connectivity index (χ0) is 21.5. The first-order valence-corrected chi connectivity index (χ1v) is 10.4. The van der Waals surface area contributed by atoms with Gasteiger partial charge in [-0.2, -0.15) is 4.98 Å². The maximum Gasteiger partial charge on any atom is 0.221 e. The molecular weight excluding hydrogens is 386 g/mol. The maximum absolute atomic E-state index is 6.06. The van der Waals surface area contributed by atoms with Gasteiger partial charge in [-0.15, -0.1) is 0 Å². The Morgan fingerprint density at radius 1 is 1.03 bits per heavy atom. The minimum Gasteiger partial charge on any atom is -0.496 e. The van der Waals surface area contributed by atoms with E-state index < -0.39 is 0 Å². The van der Waals surface area contributed by atoms with Crippen molar-refractivity contribution in [3.05, 3.63) is 71.4 Å². The van der Waals surface area contributed by atoms with Gasteiger partial charge in [-0.1, -0.05) is 36.4 Å². The minimum atomic E-state index is 0.194. The Morgan fingerprint density at radius 3 is 2.61 bits per heavy atom. The van der Waals surface area contributed by atoms with Crippen molar-refractivity contribution in [1.29, 1.82) is 0 Å². The highest BCUT2D eigenvalue weighted by molar-refractivity contribution is 6.00. The third-order valence-corrected chi connectivity index (χ3v) is 6.10. The van der Waals surface area contributed by atoms with Gasteiger partial charge in [0.05, 0.1) is 7.11 Å². The normalized spacial score (nSPS) is 12.9. The lowest BCUT2D eigenvalue weighted by Crippen LogP contribution is -2.21. The molecule has 0 spiro atoms. The Balaban J connectivity index is 1.57. The molecular formula is C25H25N5O. The lowest BCUT2D eigenvalue weighted by molar-refractivity contribution is 0.416. The molecule has 1 aliphatic rings. The third-order valence-electron chi connectivity index (χ3n) is 6.10. The molecule has 0 saturated heterocycles. The smallest absolute Gasteiger partial charge is 0.221 e. The van der Waals surface area contributed by atoms with Crippen LogP contribution in [0.3, 0.4) is 0 Å². The predicted molar refractivity (Wildman–Crippen MR) is 126 cm³/mol. The van der Waals surface area contributed by atoms with Crippen LogP contribution in [0.5, 0.6) is 5.75 Å². The first-order chi connectivity index (χ1) is 15.0. The fourth-order valence-corrected chi connectivity index (χ4v) is 4.47. The van der Waals surface area contributed by atoms with E-state index in [0.29, 0.717) is 12.4 Å². The molecule has 6 nitrogen and oxygen atoms in total. The molecule has 1 aromatic heterocycles. The van der Waals surface area contributed by atoms with Crippen LogP contribution in [-0.2, 0) is 13.0 Å². The second kappa shape index (κ2) is 7.47. The van der Waals surface area contributed by atoms with Crippen molar-refractivity contribution in [3.8, 4) is 16.9 Å². The molecule has 0 fully saturated rings. The van der Waals surface area contributed by atoms with Crippen LogP contribution in [0, 0.1) is 6.92 Å². The summed E-state index contributed by atoms with van der Waals surface area (Å²) >= 11 is 0. The summed E-state index contributed by atoms with van der Waals surface area (Å²) in [6.07, 6.45) is 2.67. The van der Waals surface area contributed by atoms with Gasteiger partial charge in [0.25, 0.3) is 0 Å². The number of fused-ring (bicyclic) bond motifs is 2. The van der Waals surface area contributed by atoms with Gasteiger partial charge in [-0.3, -0.25) is 0 Å². The molecule has 4 N–H and O–H groups in total. The SMILES string of the molecule is COc1cc2c(cc1-c1ccc(C)c3ccccc13)CCN2Cc1cnc(N)nc1N. The number of anilines is 3. The molecule has 0 atom stereocenters. The molecule has 0 bridgehead atoms. The Labute approximate surface area is 181 Å². The van der Waals surface area contributed by atoms with Gasteiger partial charge in [0, 0.05) is 42.2 Å². The van der Waals surface area contributed by atoms with Crippen LogP contribution >= 0.6 is 0 Å². The highest BCUT2D eigenvalue weighted by Crippen LogP contribution is 2.42. The summed E-state index contributed by atoms with van der Waals surface area (Å²) in [7, 11) is 1.73. The van der Waals surface area contributed by atoms with Crippen molar-refractivity contribution in [1.82, 2.24) is 9.97 Å². The van der Waals surface area contributed by atoms with E-state index in [1.54, 1.807) is 13.3 Å². The van der Waals surface area contributed by atoms with Gasteiger partial charge >= 0.3 is 0 Å². The molecule has 0 aliphatic carbocycles. The van der Waals surface area contributed by atoms with Gasteiger partial charge in [-0.25, -0.2) is 4.98 Å². The number of hydrogen-bond donors (Lipinski definition) is 2. The number of nitrogens with two attached hydrogens (primary N) is 2. The number of nitrogens with zero attached hydrogens (tertiary/aromatic N) is 3. The van der Waals surface area contributed by atoms with Crippen LogP contribution in [0.4, 0.5) is 17.5 Å². The zero-order valence-corrected chi connectivity index (χ0v) is 17.7. The van der Waals surface area contributed by atoms with Crippen molar-refractivity contribution < 1.29 is 4.74 Å². The van der Waals surface area contributed by atoms with E-state index >= 15 is 0 Å². The van der Waals surface area contributed by atoms with Gasteiger partial charge < -0.3 is 21.1 Å². The third kappa shape index (κ3) is 3.30. The van der Waals surface area contributed by atoms with E-state index in [2.05, 4.69) is 70.3 Å². The Hall–Kier alpha value is -3.80. The Kier molecular flexibility index (Phi) is 4.62. The van der Waals surface area contributed by atoms with Crippen molar-refractivity contribution in [2.45, 2.75) is 19.9 Å². The van der Waals surface area contributed by atoms with Crippen LogP contribution in [-0.4, -0.2) is 23.6 Å². The second-order valence-electron chi connectivity index (χ2n) is 7.97. The second-order valence-corrected chi connectivity index (χ2v) is 7.97. The summed E-state index contributed by atoms with van der Waals surface area (Å²) in [5.74, 6) is 1.48. The number of benzene rings is 3. The van der Waals surface area contributed by atoms with Crippen molar-refractivity contribution in [2.75, 3.05) is 30.0 Å². The van der Waals surface area contributed by atoms with Crippen LogP contribution in [0.1, 0.15) is 16.7 Å². The Bertz CT molecular complexity index is 1300. The quantitative estimate of drug-likeness (QED) is 0.519. The van der Waals surface area contributed by atoms with Gasteiger partial charge in [0.1, 0.15) is 11.6 Å². The largest absolute Gasteiger partial charge is 0.496 e. The Morgan fingerprint density at radius 2 is 1.84 bits per heavy atom. The van der Waals surface area contributed by atoms with Crippen LogP contribution in [0.15, 0.2) is 54.7 Å². The zero-order valence-electron chi connectivity index (χ0n) is 17.7. The van der Waals surface area contributed by atoms with Gasteiger partial charge in [-0.05, 0) is 46.9 Å².